The lowest BCUT2D eigenvalue weighted by Crippen LogP contribution is -2.30. The molecule has 0 saturated carbocycles. The summed E-state index contributed by atoms with van der Waals surface area (Å²) >= 11 is 0. The van der Waals surface area contributed by atoms with Crippen molar-refractivity contribution >= 4 is 0 Å². The SMILES string of the molecule is CC1(O)OOCc2ccccc21. The highest BCUT2D eigenvalue weighted by molar-refractivity contribution is 5.30. The van der Waals surface area contributed by atoms with Crippen LogP contribution in [0.25, 0.3) is 0 Å². The van der Waals surface area contributed by atoms with Gasteiger partial charge < -0.3 is 5.11 Å². The second-order valence-corrected chi connectivity index (χ2v) is 2.99. The number of fused-ring (bicyclic) bond motifs is 1. The number of hydrogen-bond acceptors (Lipinski definition) is 3. The van der Waals surface area contributed by atoms with Crippen LogP contribution in [0.1, 0.15) is 18.1 Å². The summed E-state index contributed by atoms with van der Waals surface area (Å²) in [7, 11) is 0. The van der Waals surface area contributed by atoms with E-state index >= 15 is 0 Å². The molecule has 1 aliphatic rings. The van der Waals surface area contributed by atoms with Gasteiger partial charge in [0.2, 0.25) is 5.79 Å². The molecule has 0 bridgehead atoms. The Bertz CT molecular complexity index is 294. The fourth-order valence-corrected chi connectivity index (χ4v) is 1.35. The maximum atomic E-state index is 9.68. The van der Waals surface area contributed by atoms with Crippen LogP contribution in [0.3, 0.4) is 0 Å². The summed E-state index contributed by atoms with van der Waals surface area (Å²) in [4.78, 5) is 9.51. The molecule has 0 aliphatic carbocycles. The highest BCUT2D eigenvalue weighted by Crippen LogP contribution is 2.30. The molecule has 0 aromatic heterocycles. The Morgan fingerprint density at radius 3 is 2.92 bits per heavy atom. The van der Waals surface area contributed by atoms with Crippen molar-refractivity contribution in [2.75, 3.05) is 0 Å². The molecular formula is C9H10O3. The molecule has 1 N–H and O–H groups in total. The summed E-state index contributed by atoms with van der Waals surface area (Å²) in [6, 6.07) is 7.51. The molecule has 1 atom stereocenters. The first-order valence-electron chi connectivity index (χ1n) is 3.81. The zero-order valence-corrected chi connectivity index (χ0v) is 6.78. The highest BCUT2D eigenvalue weighted by atomic mass is 17.2. The predicted molar refractivity (Wildman–Crippen MR) is 41.9 cm³/mol. The van der Waals surface area contributed by atoms with Gasteiger partial charge in [0.1, 0.15) is 6.61 Å². The lowest BCUT2D eigenvalue weighted by Gasteiger charge is -2.29. The van der Waals surface area contributed by atoms with Crippen LogP contribution in [0.2, 0.25) is 0 Å². The molecule has 12 heavy (non-hydrogen) atoms. The molecule has 0 fully saturated rings. The zero-order chi connectivity index (χ0) is 8.60. The molecule has 0 saturated heterocycles. The Balaban J connectivity index is 2.52. The number of rotatable bonds is 0. The summed E-state index contributed by atoms with van der Waals surface area (Å²) in [5, 5.41) is 9.68. The Hall–Kier alpha value is -0.900. The molecule has 1 aliphatic heterocycles. The van der Waals surface area contributed by atoms with Gasteiger partial charge in [-0.2, -0.15) is 4.89 Å². The van der Waals surface area contributed by atoms with Crippen LogP contribution in [-0.4, -0.2) is 5.11 Å². The van der Waals surface area contributed by atoms with E-state index in [0.717, 1.165) is 11.1 Å². The average molecular weight is 166 g/mol. The Kier molecular flexibility index (Phi) is 1.65. The van der Waals surface area contributed by atoms with E-state index in [1.165, 1.54) is 0 Å². The summed E-state index contributed by atoms with van der Waals surface area (Å²) in [6.45, 7) is 1.96. The molecular weight excluding hydrogens is 156 g/mol. The monoisotopic (exact) mass is 166 g/mol. The van der Waals surface area contributed by atoms with Gasteiger partial charge >= 0.3 is 0 Å². The quantitative estimate of drug-likeness (QED) is 0.590. The first kappa shape index (κ1) is 7.73. The maximum Gasteiger partial charge on any atom is 0.222 e. The van der Waals surface area contributed by atoms with E-state index in [1.54, 1.807) is 6.92 Å². The van der Waals surface area contributed by atoms with E-state index in [9.17, 15) is 5.11 Å². The Labute approximate surface area is 70.5 Å². The van der Waals surface area contributed by atoms with Crippen molar-refractivity contribution in [2.24, 2.45) is 0 Å². The van der Waals surface area contributed by atoms with Crippen LogP contribution in [-0.2, 0) is 22.2 Å². The summed E-state index contributed by atoms with van der Waals surface area (Å²) in [5.74, 6) is -1.31. The van der Waals surface area contributed by atoms with E-state index in [-0.39, 0.29) is 0 Å². The smallest absolute Gasteiger partial charge is 0.222 e. The molecule has 0 spiro atoms. The lowest BCUT2D eigenvalue weighted by molar-refractivity contribution is -0.437. The van der Waals surface area contributed by atoms with E-state index in [4.69, 9.17) is 9.78 Å². The van der Waals surface area contributed by atoms with Gasteiger partial charge in [0, 0.05) is 5.56 Å². The van der Waals surface area contributed by atoms with Gasteiger partial charge in [-0.3, -0.25) is 0 Å². The van der Waals surface area contributed by atoms with Crippen LogP contribution < -0.4 is 0 Å². The van der Waals surface area contributed by atoms with Gasteiger partial charge in [-0.1, -0.05) is 24.3 Å². The molecule has 1 unspecified atom stereocenters. The molecule has 64 valence electrons. The van der Waals surface area contributed by atoms with Crippen LogP contribution in [0, 0.1) is 0 Å². The van der Waals surface area contributed by atoms with Crippen molar-refractivity contribution in [2.45, 2.75) is 19.3 Å². The molecule has 1 aromatic carbocycles. The maximum absolute atomic E-state index is 9.68. The minimum Gasteiger partial charge on any atom is -0.360 e. The van der Waals surface area contributed by atoms with Crippen molar-refractivity contribution in [1.82, 2.24) is 0 Å². The normalized spacial score (nSPS) is 28.2. The molecule has 3 heteroatoms. The van der Waals surface area contributed by atoms with Gasteiger partial charge in [0.25, 0.3) is 0 Å². The summed E-state index contributed by atoms with van der Waals surface area (Å²) < 4.78 is 0. The molecule has 1 heterocycles. The zero-order valence-electron chi connectivity index (χ0n) is 6.78. The first-order valence-corrected chi connectivity index (χ1v) is 3.81. The third kappa shape index (κ3) is 1.12. The van der Waals surface area contributed by atoms with Gasteiger partial charge in [0.05, 0.1) is 0 Å². The van der Waals surface area contributed by atoms with Gasteiger partial charge in [0.15, 0.2) is 0 Å². The van der Waals surface area contributed by atoms with E-state index < -0.39 is 5.79 Å². The molecule has 2 rings (SSSR count). The van der Waals surface area contributed by atoms with Crippen molar-refractivity contribution in [3.63, 3.8) is 0 Å². The minimum atomic E-state index is -1.31. The van der Waals surface area contributed by atoms with Crippen LogP contribution >= 0.6 is 0 Å². The topological polar surface area (TPSA) is 38.7 Å². The number of hydrogen-bond donors (Lipinski definition) is 1. The fourth-order valence-electron chi connectivity index (χ4n) is 1.35. The second kappa shape index (κ2) is 2.55. The van der Waals surface area contributed by atoms with Crippen molar-refractivity contribution in [1.29, 1.82) is 0 Å². The van der Waals surface area contributed by atoms with Crippen molar-refractivity contribution < 1.29 is 14.9 Å². The molecule has 3 nitrogen and oxygen atoms in total. The average Bonchev–Trinajstić information content (AvgIpc) is 2.04. The summed E-state index contributed by atoms with van der Waals surface area (Å²) in [6.07, 6.45) is 0. The third-order valence-electron chi connectivity index (χ3n) is 1.95. The standard InChI is InChI=1S/C9H10O3/c1-9(10)8-5-3-2-4-7(8)6-11-12-9/h2-5,10H,6H2,1H3. The van der Waals surface area contributed by atoms with Crippen LogP contribution in [0.5, 0.6) is 0 Å². The van der Waals surface area contributed by atoms with Gasteiger partial charge in [-0.25, -0.2) is 4.89 Å². The summed E-state index contributed by atoms with van der Waals surface area (Å²) in [5.41, 5.74) is 1.74. The van der Waals surface area contributed by atoms with Gasteiger partial charge in [-0.15, -0.1) is 0 Å². The molecule has 1 aromatic rings. The van der Waals surface area contributed by atoms with Crippen LogP contribution in [0.4, 0.5) is 0 Å². The number of benzene rings is 1. The predicted octanol–water partition coefficient (Wildman–Crippen LogP) is 1.31. The lowest BCUT2D eigenvalue weighted by atomic mass is 10.0. The largest absolute Gasteiger partial charge is 0.360 e. The molecule has 0 amide bonds. The van der Waals surface area contributed by atoms with Crippen molar-refractivity contribution in [3.8, 4) is 0 Å². The highest BCUT2D eigenvalue weighted by Gasteiger charge is 2.31. The van der Waals surface area contributed by atoms with E-state index in [0.29, 0.717) is 6.61 Å². The second-order valence-electron chi connectivity index (χ2n) is 2.99. The minimum absolute atomic E-state index is 0.395. The third-order valence-corrected chi connectivity index (χ3v) is 1.95. The molecule has 0 radical (unpaired) electrons. The number of aliphatic hydroxyl groups is 1. The Morgan fingerprint density at radius 2 is 2.17 bits per heavy atom. The Morgan fingerprint density at radius 1 is 1.42 bits per heavy atom. The van der Waals surface area contributed by atoms with E-state index in [1.807, 2.05) is 24.3 Å². The van der Waals surface area contributed by atoms with E-state index in [2.05, 4.69) is 0 Å². The van der Waals surface area contributed by atoms with Crippen molar-refractivity contribution in [3.05, 3.63) is 35.4 Å². The van der Waals surface area contributed by atoms with Gasteiger partial charge in [-0.05, 0) is 12.5 Å². The van der Waals surface area contributed by atoms with Crippen LogP contribution in [0.15, 0.2) is 24.3 Å². The fraction of sp³-hybridized carbons (Fsp3) is 0.333. The first-order chi connectivity index (χ1) is 5.70.